The predicted molar refractivity (Wildman–Crippen MR) is 74.8 cm³/mol. The molecule has 3 N–H and O–H groups in total. The number of ether oxygens (including phenoxy) is 1. The maximum absolute atomic E-state index is 12.1. The lowest BCUT2D eigenvalue weighted by molar-refractivity contribution is -0.147. The zero-order chi connectivity index (χ0) is 14.4. The molecule has 10 heteroatoms. The molecule has 106 valence electrons. The van der Waals surface area contributed by atoms with Crippen LogP contribution in [0.1, 0.15) is 11.9 Å². The number of nitrogens with two attached hydrogens (primary N) is 1. The second-order valence-corrected chi connectivity index (χ2v) is 6.21. The van der Waals surface area contributed by atoms with Gasteiger partial charge in [-0.2, -0.15) is 4.98 Å². The number of aryl methyl sites for hydroxylation is 1. The Morgan fingerprint density at radius 1 is 1.55 bits per heavy atom. The summed E-state index contributed by atoms with van der Waals surface area (Å²) >= 11 is 2.13. The van der Waals surface area contributed by atoms with Crippen molar-refractivity contribution in [1.82, 2.24) is 14.5 Å². The summed E-state index contributed by atoms with van der Waals surface area (Å²) < 4.78 is 7.35. The minimum Gasteiger partial charge on any atom is -0.479 e. The highest BCUT2D eigenvalue weighted by molar-refractivity contribution is 8.00. The SMILES string of the molecule is Cc1nc(N)nc2c1sc(=O)n2[C@H]1CS[C@@H](C(=O)O)O1. The van der Waals surface area contributed by atoms with Crippen molar-refractivity contribution in [3.8, 4) is 0 Å². The first kappa shape index (κ1) is 13.3. The number of hydrogen-bond donors (Lipinski definition) is 2. The quantitative estimate of drug-likeness (QED) is 0.818. The van der Waals surface area contributed by atoms with Gasteiger partial charge in [-0.05, 0) is 6.92 Å². The maximum atomic E-state index is 12.1. The number of carboxylic acid groups (broad SMARTS) is 1. The van der Waals surface area contributed by atoms with Crippen LogP contribution in [0.2, 0.25) is 0 Å². The Hall–Kier alpha value is -1.65. The second kappa shape index (κ2) is 4.72. The van der Waals surface area contributed by atoms with Gasteiger partial charge in [0.15, 0.2) is 11.9 Å². The smallest absolute Gasteiger partial charge is 0.343 e. The van der Waals surface area contributed by atoms with E-state index in [9.17, 15) is 9.59 Å². The minimum atomic E-state index is -1.06. The molecule has 3 rings (SSSR count). The van der Waals surface area contributed by atoms with E-state index in [1.54, 1.807) is 6.92 Å². The van der Waals surface area contributed by atoms with E-state index < -0.39 is 17.6 Å². The van der Waals surface area contributed by atoms with Gasteiger partial charge in [-0.25, -0.2) is 9.78 Å². The fraction of sp³-hybridized carbons (Fsp3) is 0.400. The molecule has 1 aliphatic heterocycles. The van der Waals surface area contributed by atoms with Crippen LogP contribution in [-0.2, 0) is 9.53 Å². The third kappa shape index (κ3) is 2.05. The molecule has 2 aromatic heterocycles. The fourth-order valence-corrected chi connectivity index (χ4v) is 3.81. The van der Waals surface area contributed by atoms with Gasteiger partial charge in [0.1, 0.15) is 0 Å². The minimum absolute atomic E-state index is 0.0713. The lowest BCUT2D eigenvalue weighted by Gasteiger charge is -2.11. The molecule has 20 heavy (non-hydrogen) atoms. The van der Waals surface area contributed by atoms with Crippen LogP contribution in [0.3, 0.4) is 0 Å². The van der Waals surface area contributed by atoms with Crippen LogP contribution < -0.4 is 10.6 Å². The van der Waals surface area contributed by atoms with E-state index in [1.165, 1.54) is 4.57 Å². The standard InChI is InChI=1S/C10H10N4O4S2/c1-3-5-6(13-9(11)12-3)14(10(17)20-5)4-2-19-8(18-4)7(15)16/h4,8H,2H2,1H3,(H,15,16)(H2,11,12,13)/t4-,8+/m1/s1. The monoisotopic (exact) mass is 314 g/mol. The molecule has 0 spiro atoms. The van der Waals surface area contributed by atoms with Crippen molar-refractivity contribution in [2.75, 3.05) is 11.5 Å². The van der Waals surface area contributed by atoms with Crippen molar-refractivity contribution in [3.63, 3.8) is 0 Å². The van der Waals surface area contributed by atoms with E-state index in [0.29, 0.717) is 21.8 Å². The van der Waals surface area contributed by atoms with Crippen LogP contribution in [-0.4, -0.2) is 36.8 Å². The van der Waals surface area contributed by atoms with Gasteiger partial charge in [-0.15, -0.1) is 11.8 Å². The molecule has 0 aromatic carbocycles. The van der Waals surface area contributed by atoms with E-state index in [1.807, 2.05) is 0 Å². The lowest BCUT2D eigenvalue weighted by Crippen LogP contribution is -2.24. The largest absolute Gasteiger partial charge is 0.479 e. The number of thiazole rings is 1. The normalized spacial score (nSPS) is 22.4. The summed E-state index contributed by atoms with van der Waals surface area (Å²) in [4.78, 5) is 30.8. The van der Waals surface area contributed by atoms with Gasteiger partial charge >= 0.3 is 10.8 Å². The van der Waals surface area contributed by atoms with Crippen LogP contribution in [0.5, 0.6) is 0 Å². The molecule has 2 atom stereocenters. The van der Waals surface area contributed by atoms with E-state index >= 15 is 0 Å². The summed E-state index contributed by atoms with van der Waals surface area (Å²) in [5.74, 6) is -0.622. The van der Waals surface area contributed by atoms with Crippen LogP contribution >= 0.6 is 23.1 Å². The molecule has 1 aliphatic rings. The van der Waals surface area contributed by atoms with Gasteiger partial charge in [0, 0.05) is 5.75 Å². The number of nitrogens with zero attached hydrogens (tertiary/aromatic N) is 3. The van der Waals surface area contributed by atoms with Crippen molar-refractivity contribution in [2.45, 2.75) is 18.6 Å². The Bertz CT molecular complexity index is 756. The molecule has 8 nitrogen and oxygen atoms in total. The highest BCUT2D eigenvalue weighted by atomic mass is 32.2. The molecule has 3 heterocycles. The number of carbonyl (C=O) groups is 1. The Labute approximate surface area is 120 Å². The summed E-state index contributed by atoms with van der Waals surface area (Å²) in [6.45, 7) is 1.74. The molecular formula is C10H10N4O4S2. The number of aliphatic carboxylic acids is 1. The Morgan fingerprint density at radius 2 is 2.30 bits per heavy atom. The third-order valence-electron chi connectivity index (χ3n) is 2.81. The summed E-state index contributed by atoms with van der Waals surface area (Å²) in [6, 6.07) is 0. The molecule has 0 amide bonds. The summed E-state index contributed by atoms with van der Waals surface area (Å²) in [7, 11) is 0. The number of thioether (sulfide) groups is 1. The third-order valence-corrected chi connectivity index (χ3v) is 4.96. The van der Waals surface area contributed by atoms with E-state index in [2.05, 4.69) is 9.97 Å². The van der Waals surface area contributed by atoms with Gasteiger partial charge in [-0.3, -0.25) is 9.36 Å². The number of rotatable bonds is 2. The van der Waals surface area contributed by atoms with Crippen LogP contribution in [0, 0.1) is 6.92 Å². The molecular weight excluding hydrogens is 304 g/mol. The van der Waals surface area contributed by atoms with Gasteiger partial charge in [0.05, 0.1) is 10.4 Å². The number of anilines is 1. The fourth-order valence-electron chi connectivity index (χ4n) is 1.98. The van der Waals surface area contributed by atoms with Crippen LogP contribution in [0.25, 0.3) is 10.3 Å². The number of hydrogen-bond acceptors (Lipinski definition) is 8. The first-order valence-corrected chi connectivity index (χ1v) is 7.49. The Balaban J connectivity index is 2.11. The molecule has 0 radical (unpaired) electrons. The number of fused-ring (bicyclic) bond motifs is 1. The van der Waals surface area contributed by atoms with E-state index in [-0.39, 0.29) is 10.8 Å². The van der Waals surface area contributed by atoms with Gasteiger partial charge in [-0.1, -0.05) is 11.3 Å². The lowest BCUT2D eigenvalue weighted by atomic mass is 10.4. The molecule has 0 bridgehead atoms. The molecule has 2 aromatic rings. The first-order valence-electron chi connectivity index (χ1n) is 5.62. The predicted octanol–water partition coefficient (Wildman–Crippen LogP) is 0.416. The average molecular weight is 314 g/mol. The van der Waals surface area contributed by atoms with Crippen molar-refractivity contribution in [3.05, 3.63) is 15.4 Å². The van der Waals surface area contributed by atoms with Crippen molar-refractivity contribution >= 4 is 45.4 Å². The summed E-state index contributed by atoms with van der Waals surface area (Å²) in [6.07, 6.45) is -0.656. The van der Waals surface area contributed by atoms with E-state index in [4.69, 9.17) is 15.6 Å². The molecule has 0 saturated carbocycles. The van der Waals surface area contributed by atoms with E-state index in [0.717, 1.165) is 23.1 Å². The van der Waals surface area contributed by atoms with Gasteiger partial charge in [0.25, 0.3) is 0 Å². The van der Waals surface area contributed by atoms with Crippen LogP contribution in [0.15, 0.2) is 4.79 Å². The number of aromatic nitrogens is 3. The summed E-state index contributed by atoms with van der Waals surface area (Å²) in [5.41, 5.74) is 5.64. The van der Waals surface area contributed by atoms with Crippen LogP contribution in [0.4, 0.5) is 5.95 Å². The molecule has 0 aliphatic carbocycles. The zero-order valence-corrected chi connectivity index (χ0v) is 11.9. The second-order valence-electron chi connectivity index (χ2n) is 4.15. The molecule has 0 unspecified atom stereocenters. The average Bonchev–Trinajstić information content (AvgIpc) is 2.93. The van der Waals surface area contributed by atoms with Crippen molar-refractivity contribution < 1.29 is 14.6 Å². The Kier molecular flexibility index (Phi) is 3.15. The summed E-state index contributed by atoms with van der Waals surface area (Å²) in [5, 5.41) is 8.92. The van der Waals surface area contributed by atoms with Gasteiger partial charge < -0.3 is 15.6 Å². The topological polar surface area (TPSA) is 120 Å². The maximum Gasteiger partial charge on any atom is 0.343 e. The molecule has 1 saturated heterocycles. The van der Waals surface area contributed by atoms with Crippen molar-refractivity contribution in [1.29, 1.82) is 0 Å². The number of carboxylic acids is 1. The highest BCUT2D eigenvalue weighted by Gasteiger charge is 2.34. The van der Waals surface area contributed by atoms with Crippen molar-refractivity contribution in [2.24, 2.45) is 0 Å². The first-order chi connectivity index (χ1) is 9.47. The molecule has 1 fully saturated rings. The highest BCUT2D eigenvalue weighted by Crippen LogP contribution is 2.33. The zero-order valence-electron chi connectivity index (χ0n) is 10.3. The van der Waals surface area contributed by atoms with Gasteiger partial charge in [0.2, 0.25) is 11.4 Å². The number of nitrogen functional groups attached to an aromatic ring is 1. The Morgan fingerprint density at radius 3 is 2.95 bits per heavy atom.